The van der Waals surface area contributed by atoms with Gasteiger partial charge in [-0.2, -0.15) is 0 Å². The number of benzene rings is 2. The number of amides is 2. The van der Waals surface area contributed by atoms with Gasteiger partial charge in [-0.25, -0.2) is 0 Å². The molecule has 0 aliphatic heterocycles. The average Bonchev–Trinajstić information content (AvgIpc) is 2.62. The van der Waals surface area contributed by atoms with Crippen molar-refractivity contribution in [2.24, 2.45) is 0 Å². The van der Waals surface area contributed by atoms with Crippen LogP contribution in [0.4, 0.5) is 0 Å². The number of hydrogen-bond acceptors (Lipinski definition) is 2. The Balaban J connectivity index is 2.30. The quantitative estimate of drug-likeness (QED) is 0.771. The first-order chi connectivity index (χ1) is 12.5. The second-order valence-corrected chi connectivity index (χ2v) is 6.80. The molecule has 0 saturated heterocycles. The first-order valence-electron chi connectivity index (χ1n) is 8.45. The summed E-state index contributed by atoms with van der Waals surface area (Å²) in [6.45, 7) is 2.15. The van der Waals surface area contributed by atoms with Crippen LogP contribution in [0.3, 0.4) is 0 Å². The highest BCUT2D eigenvalue weighted by Crippen LogP contribution is 2.21. The highest BCUT2D eigenvalue weighted by Gasteiger charge is 2.28. The fourth-order valence-corrected chi connectivity index (χ4v) is 3.23. The summed E-state index contributed by atoms with van der Waals surface area (Å²) in [6.07, 6.45) is 0.671. The van der Waals surface area contributed by atoms with Gasteiger partial charge in [-0.15, -0.1) is 0 Å². The van der Waals surface area contributed by atoms with Crippen LogP contribution in [-0.2, 0) is 22.6 Å². The molecule has 2 aromatic carbocycles. The van der Waals surface area contributed by atoms with Crippen LogP contribution in [0.25, 0.3) is 0 Å². The molecule has 138 valence electrons. The Morgan fingerprint density at radius 3 is 2.46 bits per heavy atom. The summed E-state index contributed by atoms with van der Waals surface area (Å²) in [5.74, 6) is -0.346. The molecule has 0 fully saturated rings. The number of nitrogens with zero attached hydrogens (tertiary/aromatic N) is 1. The van der Waals surface area contributed by atoms with Crippen LogP contribution in [0.1, 0.15) is 24.5 Å². The maximum absolute atomic E-state index is 13.0. The zero-order valence-electron chi connectivity index (χ0n) is 14.8. The molecule has 0 aliphatic carbocycles. The Labute approximate surface area is 164 Å². The lowest BCUT2D eigenvalue weighted by molar-refractivity contribution is -0.140. The van der Waals surface area contributed by atoms with Crippen LogP contribution in [0.15, 0.2) is 48.5 Å². The molecule has 0 bridgehead atoms. The SMILES string of the molecule is CCC(C(=O)NC)N(Cc1ccccc1Cl)C(=O)Cc1cccc(Cl)c1. The largest absolute Gasteiger partial charge is 0.357 e. The normalized spacial score (nSPS) is 11.7. The van der Waals surface area contributed by atoms with Gasteiger partial charge < -0.3 is 10.2 Å². The number of carbonyl (C=O) groups is 2. The minimum absolute atomic E-state index is 0.150. The predicted molar refractivity (Wildman–Crippen MR) is 105 cm³/mol. The van der Waals surface area contributed by atoms with E-state index in [9.17, 15) is 9.59 Å². The summed E-state index contributed by atoms with van der Waals surface area (Å²) >= 11 is 12.3. The van der Waals surface area contributed by atoms with E-state index in [1.807, 2.05) is 31.2 Å². The molecular formula is C20H22Cl2N2O2. The van der Waals surface area contributed by atoms with Crippen molar-refractivity contribution in [3.05, 3.63) is 69.7 Å². The molecule has 26 heavy (non-hydrogen) atoms. The summed E-state index contributed by atoms with van der Waals surface area (Å²) in [7, 11) is 1.57. The van der Waals surface area contributed by atoms with E-state index in [-0.39, 0.29) is 24.8 Å². The molecule has 1 N–H and O–H groups in total. The summed E-state index contributed by atoms with van der Waals surface area (Å²) in [5, 5.41) is 3.78. The van der Waals surface area contributed by atoms with E-state index in [4.69, 9.17) is 23.2 Å². The Morgan fingerprint density at radius 1 is 1.12 bits per heavy atom. The van der Waals surface area contributed by atoms with Gasteiger partial charge in [0, 0.05) is 23.6 Å². The van der Waals surface area contributed by atoms with E-state index in [1.165, 1.54) is 0 Å². The second kappa shape index (κ2) is 9.60. The van der Waals surface area contributed by atoms with Gasteiger partial charge in [0.25, 0.3) is 0 Å². The zero-order valence-corrected chi connectivity index (χ0v) is 16.3. The fourth-order valence-electron chi connectivity index (χ4n) is 2.82. The van der Waals surface area contributed by atoms with Gasteiger partial charge in [0.05, 0.1) is 6.42 Å². The highest BCUT2D eigenvalue weighted by molar-refractivity contribution is 6.31. The molecule has 0 aliphatic rings. The minimum Gasteiger partial charge on any atom is -0.357 e. The van der Waals surface area contributed by atoms with Crippen LogP contribution in [0.5, 0.6) is 0 Å². The number of halogens is 2. The van der Waals surface area contributed by atoms with Crippen molar-refractivity contribution in [3.63, 3.8) is 0 Å². The molecule has 0 aromatic heterocycles. The second-order valence-electron chi connectivity index (χ2n) is 5.96. The molecule has 0 radical (unpaired) electrons. The van der Waals surface area contributed by atoms with E-state index >= 15 is 0 Å². The van der Waals surface area contributed by atoms with Crippen LogP contribution in [0.2, 0.25) is 10.0 Å². The molecule has 2 rings (SSSR count). The summed E-state index contributed by atoms with van der Waals surface area (Å²) in [6, 6.07) is 13.9. The maximum atomic E-state index is 13.0. The van der Waals surface area contributed by atoms with Crippen molar-refractivity contribution in [1.29, 1.82) is 0 Å². The lowest BCUT2D eigenvalue weighted by Crippen LogP contribution is -2.48. The van der Waals surface area contributed by atoms with E-state index in [0.29, 0.717) is 16.5 Å². The Bertz CT molecular complexity index is 780. The molecule has 0 spiro atoms. The summed E-state index contributed by atoms with van der Waals surface area (Å²) in [5.41, 5.74) is 1.61. The van der Waals surface area contributed by atoms with Gasteiger partial charge >= 0.3 is 0 Å². The predicted octanol–water partition coefficient (Wildman–Crippen LogP) is 4.09. The molecule has 1 atom stereocenters. The molecule has 0 heterocycles. The standard InChI is InChI=1S/C20H22Cl2N2O2/c1-3-18(20(26)23-2)24(13-15-8-4-5-10-17(15)22)19(25)12-14-7-6-9-16(21)11-14/h4-11,18H,3,12-13H2,1-2H3,(H,23,26). The van der Waals surface area contributed by atoms with E-state index in [0.717, 1.165) is 11.1 Å². The van der Waals surface area contributed by atoms with Crippen LogP contribution in [-0.4, -0.2) is 29.8 Å². The van der Waals surface area contributed by atoms with Crippen molar-refractivity contribution >= 4 is 35.0 Å². The van der Waals surface area contributed by atoms with Crippen LogP contribution in [0, 0.1) is 0 Å². The molecule has 2 aromatic rings. The van der Waals surface area contributed by atoms with Gasteiger partial charge in [-0.3, -0.25) is 9.59 Å². The van der Waals surface area contributed by atoms with E-state index in [2.05, 4.69) is 5.32 Å². The van der Waals surface area contributed by atoms with E-state index < -0.39 is 6.04 Å². The van der Waals surface area contributed by atoms with Crippen molar-refractivity contribution in [2.45, 2.75) is 32.4 Å². The highest BCUT2D eigenvalue weighted by atomic mass is 35.5. The van der Waals surface area contributed by atoms with Gasteiger partial charge in [0.1, 0.15) is 6.04 Å². The lowest BCUT2D eigenvalue weighted by Gasteiger charge is -2.30. The molecule has 6 heteroatoms. The fraction of sp³-hybridized carbons (Fsp3) is 0.300. The van der Waals surface area contributed by atoms with Crippen LogP contribution >= 0.6 is 23.2 Å². The Kier molecular flexibility index (Phi) is 7.49. The summed E-state index contributed by atoms with van der Waals surface area (Å²) in [4.78, 5) is 26.9. The molecule has 2 amide bonds. The number of nitrogens with one attached hydrogen (secondary N) is 1. The monoisotopic (exact) mass is 392 g/mol. The zero-order chi connectivity index (χ0) is 19.1. The minimum atomic E-state index is -0.567. The first kappa shape index (κ1) is 20.3. The van der Waals surface area contributed by atoms with Gasteiger partial charge in [-0.1, -0.05) is 60.5 Å². The molecular weight excluding hydrogens is 371 g/mol. The third-order valence-electron chi connectivity index (χ3n) is 4.18. The number of hydrogen-bond donors (Lipinski definition) is 1. The smallest absolute Gasteiger partial charge is 0.242 e. The van der Waals surface area contributed by atoms with E-state index in [1.54, 1.807) is 36.2 Å². The molecule has 4 nitrogen and oxygen atoms in total. The lowest BCUT2D eigenvalue weighted by atomic mass is 10.1. The molecule has 0 saturated carbocycles. The van der Waals surface area contributed by atoms with Gasteiger partial charge in [0.2, 0.25) is 11.8 Å². The molecule has 1 unspecified atom stereocenters. The topological polar surface area (TPSA) is 49.4 Å². The average molecular weight is 393 g/mol. The number of likely N-dealkylation sites (N-methyl/N-ethyl adjacent to an activating group) is 1. The van der Waals surface area contributed by atoms with Gasteiger partial charge in [0.15, 0.2) is 0 Å². The van der Waals surface area contributed by atoms with Crippen molar-refractivity contribution < 1.29 is 9.59 Å². The van der Waals surface area contributed by atoms with Gasteiger partial charge in [-0.05, 0) is 35.7 Å². The first-order valence-corrected chi connectivity index (χ1v) is 9.20. The third kappa shape index (κ3) is 5.23. The van der Waals surface area contributed by atoms with Crippen molar-refractivity contribution in [2.75, 3.05) is 7.05 Å². The Hall–Kier alpha value is -2.04. The van der Waals surface area contributed by atoms with Crippen LogP contribution < -0.4 is 5.32 Å². The summed E-state index contributed by atoms with van der Waals surface area (Å²) < 4.78 is 0. The Morgan fingerprint density at radius 2 is 1.85 bits per heavy atom. The maximum Gasteiger partial charge on any atom is 0.242 e. The van der Waals surface area contributed by atoms with Crippen molar-refractivity contribution in [3.8, 4) is 0 Å². The number of rotatable bonds is 7. The number of carbonyl (C=O) groups excluding carboxylic acids is 2. The third-order valence-corrected chi connectivity index (χ3v) is 4.78. The van der Waals surface area contributed by atoms with Crippen molar-refractivity contribution in [1.82, 2.24) is 10.2 Å².